The van der Waals surface area contributed by atoms with Crippen molar-refractivity contribution in [1.29, 1.82) is 0 Å². The van der Waals surface area contributed by atoms with E-state index in [1.54, 1.807) is 0 Å². The third-order valence-corrected chi connectivity index (χ3v) is 4.23. The number of para-hydroxylation sites is 2. The van der Waals surface area contributed by atoms with Crippen LogP contribution in [0.25, 0.3) is 11.0 Å². The summed E-state index contributed by atoms with van der Waals surface area (Å²) in [5.74, 6) is 0.249. The zero-order chi connectivity index (χ0) is 17.8. The van der Waals surface area contributed by atoms with Gasteiger partial charge in [-0.1, -0.05) is 12.1 Å². The number of aryl methyl sites for hydroxylation is 1. The lowest BCUT2D eigenvalue weighted by molar-refractivity contribution is -0.123. The molecule has 0 bridgehead atoms. The van der Waals surface area contributed by atoms with Crippen LogP contribution in [-0.2, 0) is 22.6 Å². The highest BCUT2D eigenvalue weighted by Crippen LogP contribution is 2.16. The quantitative estimate of drug-likeness (QED) is 0.743. The third-order valence-electron chi connectivity index (χ3n) is 4.23. The van der Waals surface area contributed by atoms with Crippen LogP contribution in [0.15, 0.2) is 24.3 Å². The second-order valence-corrected chi connectivity index (χ2v) is 5.91. The van der Waals surface area contributed by atoms with Crippen molar-refractivity contribution in [3.63, 3.8) is 0 Å². The molecule has 1 aromatic carbocycles. The summed E-state index contributed by atoms with van der Waals surface area (Å²) in [7, 11) is 0. The van der Waals surface area contributed by atoms with E-state index in [9.17, 15) is 14.4 Å². The van der Waals surface area contributed by atoms with Crippen molar-refractivity contribution in [2.75, 3.05) is 6.54 Å². The molecule has 2 heterocycles. The predicted octanol–water partition coefficient (Wildman–Crippen LogP) is 0.703. The topological polar surface area (TPSA) is 105 Å². The van der Waals surface area contributed by atoms with Crippen LogP contribution in [0.5, 0.6) is 0 Å². The second-order valence-electron chi connectivity index (χ2n) is 5.91. The molecule has 1 saturated heterocycles. The Hall–Kier alpha value is -2.90. The Kier molecular flexibility index (Phi) is 4.97. The maximum Gasteiger partial charge on any atom is 0.322 e. The lowest BCUT2D eigenvalue weighted by Gasteiger charge is -2.15. The minimum atomic E-state index is -0.698. The van der Waals surface area contributed by atoms with Crippen molar-refractivity contribution in [3.8, 4) is 0 Å². The summed E-state index contributed by atoms with van der Waals surface area (Å²) < 4.78 is 2.12. The Labute approximate surface area is 145 Å². The summed E-state index contributed by atoms with van der Waals surface area (Å²) in [5, 5.41) is 7.47. The predicted molar refractivity (Wildman–Crippen MR) is 91.8 cm³/mol. The number of imide groups is 1. The first kappa shape index (κ1) is 16.9. The van der Waals surface area contributed by atoms with Crippen LogP contribution < -0.4 is 16.0 Å². The summed E-state index contributed by atoms with van der Waals surface area (Å²) in [6.07, 6.45) is 1.02. The Balaban J connectivity index is 1.60. The molecule has 3 N–H and O–H groups in total. The smallest absolute Gasteiger partial charge is 0.322 e. The maximum atomic E-state index is 12.2. The Morgan fingerprint density at radius 3 is 2.96 bits per heavy atom. The zero-order valence-electron chi connectivity index (χ0n) is 14.0. The van der Waals surface area contributed by atoms with Crippen LogP contribution in [0, 0.1) is 0 Å². The third kappa shape index (κ3) is 3.78. The van der Waals surface area contributed by atoms with Gasteiger partial charge >= 0.3 is 6.03 Å². The lowest BCUT2D eigenvalue weighted by Crippen LogP contribution is -2.48. The first-order chi connectivity index (χ1) is 12.1. The standard InChI is InChI=1S/C17H21N5O3/c1-2-22-13-6-4-3-5-11(13)19-14(22)9-10-18-16(24)12-7-8-15(23)21-17(25)20-12/h3-6,12H,2,7-10H2,1H3,(H,18,24)(H2,20,21,23,25)/t12-/m1/s1. The maximum absolute atomic E-state index is 12.2. The molecule has 2 aromatic rings. The molecule has 8 heteroatoms. The number of imidazole rings is 1. The SMILES string of the molecule is CCn1c(CCNC(=O)[C@H]2CCC(=O)NC(=O)N2)nc2ccccc21. The van der Waals surface area contributed by atoms with Crippen LogP contribution in [0.3, 0.4) is 0 Å². The van der Waals surface area contributed by atoms with Crippen LogP contribution in [0.2, 0.25) is 0 Å². The fourth-order valence-corrected chi connectivity index (χ4v) is 3.02. The van der Waals surface area contributed by atoms with Gasteiger partial charge < -0.3 is 15.2 Å². The van der Waals surface area contributed by atoms with Gasteiger partial charge in [-0.15, -0.1) is 0 Å². The zero-order valence-corrected chi connectivity index (χ0v) is 14.0. The van der Waals surface area contributed by atoms with E-state index in [-0.39, 0.29) is 24.7 Å². The van der Waals surface area contributed by atoms with Crippen molar-refractivity contribution in [2.24, 2.45) is 0 Å². The number of amides is 4. The summed E-state index contributed by atoms with van der Waals surface area (Å²) in [5.41, 5.74) is 2.01. The minimum Gasteiger partial charge on any atom is -0.354 e. The van der Waals surface area contributed by atoms with Gasteiger partial charge in [0.05, 0.1) is 11.0 Å². The van der Waals surface area contributed by atoms with Crippen molar-refractivity contribution in [1.82, 2.24) is 25.5 Å². The van der Waals surface area contributed by atoms with Gasteiger partial charge in [-0.05, 0) is 25.5 Å². The molecule has 1 aliphatic heterocycles. The lowest BCUT2D eigenvalue weighted by atomic mass is 10.1. The number of nitrogens with zero attached hydrogens (tertiary/aromatic N) is 2. The fraction of sp³-hybridized carbons (Fsp3) is 0.412. The van der Waals surface area contributed by atoms with Gasteiger partial charge in [0.25, 0.3) is 0 Å². The molecule has 1 fully saturated rings. The fourth-order valence-electron chi connectivity index (χ4n) is 3.02. The Morgan fingerprint density at radius 2 is 2.16 bits per heavy atom. The summed E-state index contributed by atoms with van der Waals surface area (Å²) >= 11 is 0. The molecule has 1 aromatic heterocycles. The highest BCUT2D eigenvalue weighted by atomic mass is 16.2. The molecule has 25 heavy (non-hydrogen) atoms. The molecule has 0 radical (unpaired) electrons. The van der Waals surface area contributed by atoms with E-state index in [1.807, 2.05) is 24.3 Å². The monoisotopic (exact) mass is 343 g/mol. The normalized spacial score (nSPS) is 17.7. The number of urea groups is 1. The van der Waals surface area contributed by atoms with Crippen LogP contribution in [0.1, 0.15) is 25.6 Å². The Morgan fingerprint density at radius 1 is 1.36 bits per heavy atom. The first-order valence-corrected chi connectivity index (χ1v) is 8.40. The minimum absolute atomic E-state index is 0.141. The molecule has 1 atom stereocenters. The number of hydrogen-bond donors (Lipinski definition) is 3. The van der Waals surface area contributed by atoms with E-state index < -0.39 is 12.1 Å². The average molecular weight is 343 g/mol. The molecular weight excluding hydrogens is 322 g/mol. The Bertz CT molecular complexity index is 814. The highest BCUT2D eigenvalue weighted by molar-refractivity contribution is 5.98. The molecule has 3 rings (SSSR count). The van der Waals surface area contributed by atoms with Crippen LogP contribution in [0.4, 0.5) is 4.79 Å². The van der Waals surface area contributed by atoms with Gasteiger partial charge in [0, 0.05) is 25.9 Å². The molecular formula is C17H21N5O3. The van der Waals surface area contributed by atoms with Gasteiger partial charge in [0.15, 0.2) is 0 Å². The summed E-state index contributed by atoms with van der Waals surface area (Å²) in [4.78, 5) is 39.6. The molecule has 0 saturated carbocycles. The number of benzene rings is 1. The molecule has 0 unspecified atom stereocenters. The number of aromatic nitrogens is 2. The van der Waals surface area contributed by atoms with Gasteiger partial charge in [-0.3, -0.25) is 14.9 Å². The second kappa shape index (κ2) is 7.33. The largest absolute Gasteiger partial charge is 0.354 e. The van der Waals surface area contributed by atoms with Crippen molar-refractivity contribution in [3.05, 3.63) is 30.1 Å². The number of nitrogens with one attached hydrogen (secondary N) is 3. The average Bonchev–Trinajstić information content (AvgIpc) is 2.85. The number of rotatable bonds is 5. The molecule has 4 amide bonds. The molecule has 0 aliphatic carbocycles. The number of carbonyl (C=O) groups excluding carboxylic acids is 3. The summed E-state index contributed by atoms with van der Waals surface area (Å²) in [6.45, 7) is 3.27. The van der Waals surface area contributed by atoms with Crippen molar-refractivity contribution in [2.45, 2.75) is 38.8 Å². The van der Waals surface area contributed by atoms with Gasteiger partial charge in [-0.25, -0.2) is 9.78 Å². The van der Waals surface area contributed by atoms with Crippen molar-refractivity contribution < 1.29 is 14.4 Å². The van der Waals surface area contributed by atoms with Crippen molar-refractivity contribution >= 4 is 28.9 Å². The summed E-state index contributed by atoms with van der Waals surface area (Å²) in [6, 6.07) is 6.59. The van der Waals surface area contributed by atoms with E-state index in [4.69, 9.17) is 0 Å². The van der Waals surface area contributed by atoms with E-state index >= 15 is 0 Å². The van der Waals surface area contributed by atoms with E-state index in [0.717, 1.165) is 23.4 Å². The number of fused-ring (bicyclic) bond motifs is 1. The molecule has 0 spiro atoms. The number of hydrogen-bond acceptors (Lipinski definition) is 4. The molecule has 1 aliphatic rings. The number of carbonyl (C=O) groups is 3. The van der Waals surface area contributed by atoms with E-state index in [1.165, 1.54) is 0 Å². The first-order valence-electron chi connectivity index (χ1n) is 8.40. The molecule has 8 nitrogen and oxygen atoms in total. The molecule has 132 valence electrons. The highest BCUT2D eigenvalue weighted by Gasteiger charge is 2.25. The van der Waals surface area contributed by atoms with Gasteiger partial charge in [0.2, 0.25) is 11.8 Å². The van der Waals surface area contributed by atoms with Gasteiger partial charge in [-0.2, -0.15) is 0 Å². The van der Waals surface area contributed by atoms with E-state index in [0.29, 0.717) is 13.0 Å². The van der Waals surface area contributed by atoms with E-state index in [2.05, 4.69) is 32.4 Å². The van der Waals surface area contributed by atoms with Crippen LogP contribution in [-0.4, -0.2) is 40.0 Å². The van der Waals surface area contributed by atoms with Gasteiger partial charge in [0.1, 0.15) is 11.9 Å². The van der Waals surface area contributed by atoms with Crippen LogP contribution >= 0.6 is 0 Å².